The number of rotatable bonds is 2. The first-order chi connectivity index (χ1) is 5.23. The molecule has 1 unspecified atom stereocenters. The molecule has 4 heteroatoms. The first-order valence-electron chi connectivity index (χ1n) is 3.74. The van der Waals surface area contributed by atoms with Crippen molar-refractivity contribution >= 4 is 5.71 Å². The summed E-state index contributed by atoms with van der Waals surface area (Å²) in [4.78, 5) is 4.72. The van der Waals surface area contributed by atoms with Crippen LogP contribution < -0.4 is 11.1 Å². The summed E-state index contributed by atoms with van der Waals surface area (Å²) < 4.78 is 0. The summed E-state index contributed by atoms with van der Waals surface area (Å²) in [5, 5.41) is 7.13. The molecule has 0 spiro atoms. The molecule has 0 bridgehead atoms. The molecule has 1 aliphatic heterocycles. The van der Waals surface area contributed by atoms with Gasteiger partial charge in [-0.1, -0.05) is 12.1 Å². The van der Waals surface area contributed by atoms with Crippen LogP contribution in [0.15, 0.2) is 5.16 Å². The molecular formula is C7H15N3O. The second-order valence-corrected chi connectivity index (χ2v) is 3.09. The van der Waals surface area contributed by atoms with Gasteiger partial charge in [-0.3, -0.25) is 0 Å². The molecule has 0 aromatic carbocycles. The fraction of sp³-hybridized carbons (Fsp3) is 0.857. The predicted molar refractivity (Wildman–Crippen MR) is 44.5 cm³/mol. The highest BCUT2D eigenvalue weighted by Gasteiger charge is 2.34. The van der Waals surface area contributed by atoms with Gasteiger partial charge >= 0.3 is 0 Å². The molecule has 11 heavy (non-hydrogen) atoms. The minimum atomic E-state index is -0.00396. The fourth-order valence-electron chi connectivity index (χ4n) is 1.21. The number of oxime groups is 1. The Morgan fingerprint density at radius 2 is 2.55 bits per heavy atom. The SMILES string of the molecule is CON=C1CNCC1(C)CN. The van der Waals surface area contributed by atoms with Gasteiger partial charge in [-0.2, -0.15) is 0 Å². The van der Waals surface area contributed by atoms with E-state index in [1.54, 1.807) is 7.11 Å². The van der Waals surface area contributed by atoms with E-state index in [9.17, 15) is 0 Å². The van der Waals surface area contributed by atoms with Crippen LogP contribution in [0, 0.1) is 5.41 Å². The lowest BCUT2D eigenvalue weighted by Crippen LogP contribution is -2.35. The second-order valence-electron chi connectivity index (χ2n) is 3.09. The predicted octanol–water partition coefficient (Wildman–Crippen LogP) is -0.443. The molecule has 3 N–H and O–H groups in total. The monoisotopic (exact) mass is 157 g/mol. The third-order valence-corrected chi connectivity index (χ3v) is 2.16. The highest BCUT2D eigenvalue weighted by molar-refractivity contribution is 5.93. The Kier molecular flexibility index (Phi) is 2.46. The van der Waals surface area contributed by atoms with Crippen molar-refractivity contribution in [2.24, 2.45) is 16.3 Å². The highest BCUT2D eigenvalue weighted by Crippen LogP contribution is 2.20. The summed E-state index contributed by atoms with van der Waals surface area (Å²) in [5.41, 5.74) is 6.62. The van der Waals surface area contributed by atoms with Gasteiger partial charge in [0.15, 0.2) is 0 Å². The Labute approximate surface area is 66.8 Å². The van der Waals surface area contributed by atoms with E-state index in [4.69, 9.17) is 10.6 Å². The van der Waals surface area contributed by atoms with E-state index in [0.29, 0.717) is 6.54 Å². The molecule has 0 aromatic rings. The van der Waals surface area contributed by atoms with Crippen molar-refractivity contribution in [2.45, 2.75) is 6.92 Å². The number of hydrogen-bond acceptors (Lipinski definition) is 4. The Hall–Kier alpha value is -0.610. The minimum Gasteiger partial charge on any atom is -0.399 e. The van der Waals surface area contributed by atoms with Gasteiger partial charge in [0.05, 0.1) is 5.71 Å². The minimum absolute atomic E-state index is 0.00396. The van der Waals surface area contributed by atoms with Gasteiger partial charge in [0.25, 0.3) is 0 Å². The smallest absolute Gasteiger partial charge is 0.106 e. The molecule has 1 atom stereocenters. The summed E-state index contributed by atoms with van der Waals surface area (Å²) in [5.74, 6) is 0. The maximum atomic E-state index is 5.61. The van der Waals surface area contributed by atoms with E-state index >= 15 is 0 Å². The molecule has 1 aliphatic rings. The van der Waals surface area contributed by atoms with Crippen LogP contribution in [0.3, 0.4) is 0 Å². The highest BCUT2D eigenvalue weighted by atomic mass is 16.6. The Morgan fingerprint density at radius 3 is 3.09 bits per heavy atom. The zero-order valence-electron chi connectivity index (χ0n) is 7.05. The summed E-state index contributed by atoms with van der Waals surface area (Å²) in [6.07, 6.45) is 0. The summed E-state index contributed by atoms with van der Waals surface area (Å²) in [6, 6.07) is 0. The van der Waals surface area contributed by atoms with Crippen molar-refractivity contribution in [3.63, 3.8) is 0 Å². The molecule has 64 valence electrons. The fourth-order valence-corrected chi connectivity index (χ4v) is 1.21. The Morgan fingerprint density at radius 1 is 1.82 bits per heavy atom. The molecule has 0 aromatic heterocycles. The van der Waals surface area contributed by atoms with Crippen LogP contribution in [-0.2, 0) is 4.84 Å². The molecule has 0 saturated carbocycles. The van der Waals surface area contributed by atoms with E-state index < -0.39 is 0 Å². The molecule has 1 saturated heterocycles. The van der Waals surface area contributed by atoms with Gasteiger partial charge < -0.3 is 15.9 Å². The topological polar surface area (TPSA) is 59.6 Å². The lowest BCUT2D eigenvalue weighted by molar-refractivity contribution is 0.209. The van der Waals surface area contributed by atoms with Gasteiger partial charge in [0.1, 0.15) is 7.11 Å². The maximum Gasteiger partial charge on any atom is 0.106 e. The van der Waals surface area contributed by atoms with Gasteiger partial charge in [0, 0.05) is 25.0 Å². The zero-order chi connectivity index (χ0) is 8.32. The van der Waals surface area contributed by atoms with Gasteiger partial charge in [-0.05, 0) is 0 Å². The molecule has 4 nitrogen and oxygen atoms in total. The summed E-state index contributed by atoms with van der Waals surface area (Å²) in [7, 11) is 1.56. The number of nitrogens with zero attached hydrogens (tertiary/aromatic N) is 1. The largest absolute Gasteiger partial charge is 0.399 e. The Bertz CT molecular complexity index is 169. The molecule has 0 amide bonds. The van der Waals surface area contributed by atoms with Crippen molar-refractivity contribution in [3.05, 3.63) is 0 Å². The number of nitrogens with two attached hydrogens (primary N) is 1. The van der Waals surface area contributed by atoms with E-state index in [0.717, 1.165) is 18.8 Å². The van der Waals surface area contributed by atoms with Crippen molar-refractivity contribution in [1.29, 1.82) is 0 Å². The van der Waals surface area contributed by atoms with Crippen LogP contribution in [0.2, 0.25) is 0 Å². The van der Waals surface area contributed by atoms with Crippen LogP contribution in [0.25, 0.3) is 0 Å². The quantitative estimate of drug-likeness (QED) is 0.534. The van der Waals surface area contributed by atoms with Crippen molar-refractivity contribution in [2.75, 3.05) is 26.7 Å². The first kappa shape index (κ1) is 8.49. The van der Waals surface area contributed by atoms with Crippen LogP contribution in [0.4, 0.5) is 0 Å². The van der Waals surface area contributed by atoms with Gasteiger partial charge in [0.2, 0.25) is 0 Å². The van der Waals surface area contributed by atoms with Crippen molar-refractivity contribution in [1.82, 2.24) is 5.32 Å². The van der Waals surface area contributed by atoms with Crippen LogP contribution >= 0.6 is 0 Å². The Balaban J connectivity index is 2.72. The lowest BCUT2D eigenvalue weighted by atomic mass is 9.88. The van der Waals surface area contributed by atoms with Crippen LogP contribution in [-0.4, -0.2) is 32.5 Å². The number of hydrogen-bond donors (Lipinski definition) is 2. The average Bonchev–Trinajstić information content (AvgIpc) is 2.35. The van der Waals surface area contributed by atoms with E-state index in [2.05, 4.69) is 17.4 Å². The standard InChI is InChI=1S/C7H15N3O/c1-7(4-8)5-9-3-6(7)10-11-2/h9H,3-5,8H2,1-2H3. The van der Waals surface area contributed by atoms with Crippen molar-refractivity contribution in [3.8, 4) is 0 Å². The molecular weight excluding hydrogens is 142 g/mol. The third kappa shape index (κ3) is 1.52. The van der Waals surface area contributed by atoms with E-state index in [-0.39, 0.29) is 5.41 Å². The van der Waals surface area contributed by atoms with E-state index in [1.807, 2.05) is 0 Å². The molecule has 0 aliphatic carbocycles. The van der Waals surface area contributed by atoms with Gasteiger partial charge in [-0.25, -0.2) is 0 Å². The van der Waals surface area contributed by atoms with Crippen LogP contribution in [0.1, 0.15) is 6.92 Å². The normalized spacial score (nSPS) is 34.6. The molecule has 1 rings (SSSR count). The van der Waals surface area contributed by atoms with Crippen molar-refractivity contribution < 1.29 is 4.84 Å². The molecule has 1 heterocycles. The first-order valence-corrected chi connectivity index (χ1v) is 3.74. The van der Waals surface area contributed by atoms with Crippen LogP contribution in [0.5, 0.6) is 0 Å². The average molecular weight is 157 g/mol. The third-order valence-electron chi connectivity index (χ3n) is 2.16. The second kappa shape index (κ2) is 3.19. The number of nitrogens with one attached hydrogen (secondary N) is 1. The van der Waals surface area contributed by atoms with Gasteiger partial charge in [-0.15, -0.1) is 0 Å². The zero-order valence-corrected chi connectivity index (χ0v) is 7.05. The maximum absolute atomic E-state index is 5.61. The summed E-state index contributed by atoms with van der Waals surface area (Å²) in [6.45, 7) is 4.39. The molecule has 1 fully saturated rings. The van der Waals surface area contributed by atoms with E-state index in [1.165, 1.54) is 0 Å². The molecule has 0 radical (unpaired) electrons. The lowest BCUT2D eigenvalue weighted by Gasteiger charge is -2.19. The summed E-state index contributed by atoms with van der Waals surface area (Å²) >= 11 is 0.